The number of alkyl halides is 3. The lowest BCUT2D eigenvalue weighted by Crippen LogP contribution is -2.45. The summed E-state index contributed by atoms with van der Waals surface area (Å²) < 4.78 is 37.2. The van der Waals surface area contributed by atoms with Gasteiger partial charge in [0.25, 0.3) is 0 Å². The minimum atomic E-state index is -4.52. The molecule has 0 spiro atoms. The first-order valence-electron chi connectivity index (χ1n) is 6.00. The first-order valence-corrected chi connectivity index (χ1v) is 6.99. The molecule has 0 rings (SSSR count). The van der Waals surface area contributed by atoms with Crippen LogP contribution in [0, 0.1) is 0 Å². The van der Waals surface area contributed by atoms with Crippen LogP contribution in [-0.2, 0) is 9.59 Å². The summed E-state index contributed by atoms with van der Waals surface area (Å²) in [5, 5.41) is 0. The van der Waals surface area contributed by atoms with Gasteiger partial charge >= 0.3 is 6.18 Å². The predicted molar refractivity (Wildman–Crippen MR) is 73.5 cm³/mol. The highest BCUT2D eigenvalue weighted by atomic mass is 32.2. The molecule has 0 aliphatic rings. The maximum atomic E-state index is 12.5. The first-order chi connectivity index (χ1) is 8.82. The van der Waals surface area contributed by atoms with Crippen LogP contribution >= 0.6 is 11.8 Å². The van der Waals surface area contributed by atoms with Crippen molar-refractivity contribution < 1.29 is 22.8 Å². The molecule has 0 saturated carbocycles. The van der Waals surface area contributed by atoms with Gasteiger partial charge < -0.3 is 9.80 Å². The smallest absolute Gasteiger partial charge is 0.347 e. The Balaban J connectivity index is 4.75. The number of thioether (sulfide) groups is 1. The molecule has 0 aliphatic carbocycles. The second kappa shape index (κ2) is 7.19. The van der Waals surface area contributed by atoms with Gasteiger partial charge in [0.15, 0.2) is 0 Å². The molecule has 0 radical (unpaired) electrons. The summed E-state index contributed by atoms with van der Waals surface area (Å²) in [7, 11) is 2.87. The molecule has 0 N–H and O–H groups in total. The number of hydrogen-bond acceptors (Lipinski definition) is 3. The van der Waals surface area contributed by atoms with E-state index in [1.165, 1.54) is 25.9 Å². The van der Waals surface area contributed by atoms with Crippen molar-refractivity contribution in [2.75, 3.05) is 32.9 Å². The van der Waals surface area contributed by atoms with Gasteiger partial charge in [-0.3, -0.25) is 9.59 Å². The van der Waals surface area contributed by atoms with Crippen molar-refractivity contribution >= 4 is 23.6 Å². The van der Waals surface area contributed by atoms with Gasteiger partial charge in [0, 0.05) is 18.8 Å². The Bertz CT molecular complexity index is 352. The number of carbonyl (C=O) groups excluding carboxylic acids is 2. The maximum Gasteiger partial charge on any atom is 0.406 e. The number of likely N-dealkylation sites (N-methyl/N-ethyl adjacent to an activating group) is 1. The average Bonchev–Trinajstić information content (AvgIpc) is 2.21. The van der Waals surface area contributed by atoms with E-state index in [4.69, 9.17) is 0 Å². The van der Waals surface area contributed by atoms with Gasteiger partial charge in [-0.2, -0.15) is 13.2 Å². The molecule has 0 atom stereocenters. The van der Waals surface area contributed by atoms with Crippen molar-refractivity contribution in [2.45, 2.75) is 31.7 Å². The number of rotatable bonds is 5. The molecule has 0 bridgehead atoms. The molecular formula is C12H21F3N2O2S. The Kier molecular flexibility index (Phi) is 6.86. The molecule has 0 heterocycles. The van der Waals surface area contributed by atoms with Crippen LogP contribution in [0.4, 0.5) is 13.2 Å². The van der Waals surface area contributed by atoms with Crippen molar-refractivity contribution in [1.29, 1.82) is 0 Å². The topological polar surface area (TPSA) is 40.6 Å². The van der Waals surface area contributed by atoms with E-state index in [2.05, 4.69) is 0 Å². The number of nitrogens with zero attached hydrogens (tertiary/aromatic N) is 2. The van der Waals surface area contributed by atoms with Crippen LogP contribution in [0.1, 0.15) is 20.8 Å². The van der Waals surface area contributed by atoms with Gasteiger partial charge in [-0.05, 0) is 0 Å². The molecule has 20 heavy (non-hydrogen) atoms. The molecule has 0 aromatic carbocycles. The molecule has 0 aromatic heterocycles. The summed E-state index contributed by atoms with van der Waals surface area (Å²) >= 11 is 1.25. The van der Waals surface area contributed by atoms with Gasteiger partial charge in [-0.15, -0.1) is 11.8 Å². The predicted octanol–water partition coefficient (Wildman–Crippen LogP) is 2.00. The van der Waals surface area contributed by atoms with Crippen LogP contribution in [0.15, 0.2) is 0 Å². The summed E-state index contributed by atoms with van der Waals surface area (Å²) in [5.41, 5.74) is 0. The summed E-state index contributed by atoms with van der Waals surface area (Å²) in [4.78, 5) is 25.1. The van der Waals surface area contributed by atoms with Crippen LogP contribution in [0.5, 0.6) is 0 Å². The molecule has 4 nitrogen and oxygen atoms in total. The normalized spacial score (nSPS) is 12.2. The fourth-order valence-corrected chi connectivity index (χ4v) is 1.86. The zero-order valence-corrected chi connectivity index (χ0v) is 13.2. The summed E-state index contributed by atoms with van der Waals surface area (Å²) in [6.07, 6.45) is -4.52. The minimum absolute atomic E-state index is 0.0830. The summed E-state index contributed by atoms with van der Waals surface area (Å²) in [6.45, 7) is 3.63. The number of halogens is 3. The second-order valence-electron chi connectivity index (χ2n) is 5.55. The van der Waals surface area contributed by atoms with Gasteiger partial charge in [0.1, 0.15) is 13.1 Å². The Morgan fingerprint density at radius 1 is 1.05 bits per heavy atom. The van der Waals surface area contributed by atoms with E-state index < -0.39 is 31.1 Å². The van der Waals surface area contributed by atoms with Crippen LogP contribution in [0.2, 0.25) is 0 Å². The van der Waals surface area contributed by atoms with Gasteiger partial charge in [0.2, 0.25) is 11.8 Å². The Morgan fingerprint density at radius 2 is 1.55 bits per heavy atom. The Morgan fingerprint density at radius 3 is 1.90 bits per heavy atom. The highest BCUT2D eigenvalue weighted by Crippen LogP contribution is 2.24. The zero-order valence-electron chi connectivity index (χ0n) is 12.4. The lowest BCUT2D eigenvalue weighted by atomic mass is 10.3. The lowest BCUT2D eigenvalue weighted by Gasteiger charge is -2.26. The molecule has 0 unspecified atom stereocenters. The van der Waals surface area contributed by atoms with Crippen molar-refractivity contribution in [3.8, 4) is 0 Å². The minimum Gasteiger partial charge on any atom is -0.347 e. The summed E-state index contributed by atoms with van der Waals surface area (Å²) in [6, 6.07) is 0. The van der Waals surface area contributed by atoms with E-state index in [1.54, 1.807) is 0 Å². The van der Waals surface area contributed by atoms with Crippen molar-refractivity contribution in [2.24, 2.45) is 0 Å². The third kappa shape index (κ3) is 9.06. The van der Waals surface area contributed by atoms with Crippen LogP contribution in [0.3, 0.4) is 0 Å². The SMILES string of the molecule is CN(C)C(=O)CN(CC(F)(F)F)C(=O)CSC(C)(C)C. The van der Waals surface area contributed by atoms with Crippen molar-refractivity contribution in [1.82, 2.24) is 9.80 Å². The van der Waals surface area contributed by atoms with E-state index in [-0.39, 0.29) is 10.5 Å². The molecule has 0 saturated heterocycles. The number of amides is 2. The quantitative estimate of drug-likeness (QED) is 0.779. The van der Waals surface area contributed by atoms with Gasteiger partial charge in [-0.25, -0.2) is 0 Å². The summed E-state index contributed by atoms with van der Waals surface area (Å²) in [5.74, 6) is -1.30. The van der Waals surface area contributed by atoms with E-state index in [9.17, 15) is 22.8 Å². The van der Waals surface area contributed by atoms with Crippen LogP contribution < -0.4 is 0 Å². The number of hydrogen-bond donors (Lipinski definition) is 0. The second-order valence-corrected chi connectivity index (χ2v) is 7.36. The van der Waals surface area contributed by atoms with E-state index in [0.29, 0.717) is 4.90 Å². The molecule has 2 amide bonds. The molecule has 8 heteroatoms. The van der Waals surface area contributed by atoms with Crippen molar-refractivity contribution in [3.05, 3.63) is 0 Å². The third-order valence-electron chi connectivity index (χ3n) is 2.18. The lowest BCUT2D eigenvalue weighted by molar-refractivity contribution is -0.162. The van der Waals surface area contributed by atoms with E-state index in [1.807, 2.05) is 20.8 Å². The maximum absolute atomic E-state index is 12.5. The van der Waals surface area contributed by atoms with Gasteiger partial charge in [-0.1, -0.05) is 20.8 Å². The average molecular weight is 314 g/mol. The third-order valence-corrected chi connectivity index (χ3v) is 3.43. The largest absolute Gasteiger partial charge is 0.406 e. The van der Waals surface area contributed by atoms with E-state index >= 15 is 0 Å². The fourth-order valence-electron chi connectivity index (χ4n) is 1.12. The molecule has 118 valence electrons. The number of carbonyl (C=O) groups is 2. The fraction of sp³-hybridized carbons (Fsp3) is 0.833. The first kappa shape index (κ1) is 19.1. The molecular weight excluding hydrogens is 293 g/mol. The molecule has 0 aliphatic heterocycles. The van der Waals surface area contributed by atoms with Crippen LogP contribution in [-0.4, -0.2) is 65.5 Å². The zero-order chi connectivity index (χ0) is 16.1. The highest BCUT2D eigenvalue weighted by Gasteiger charge is 2.34. The molecule has 0 aromatic rings. The molecule has 0 fully saturated rings. The van der Waals surface area contributed by atoms with Crippen molar-refractivity contribution in [3.63, 3.8) is 0 Å². The van der Waals surface area contributed by atoms with Gasteiger partial charge in [0.05, 0.1) is 5.75 Å². The Labute approximate surface area is 121 Å². The van der Waals surface area contributed by atoms with Crippen LogP contribution in [0.25, 0.3) is 0 Å². The highest BCUT2D eigenvalue weighted by molar-refractivity contribution is 8.01. The standard InChI is InChI=1S/C12H21F3N2O2S/c1-11(2,3)20-7-10(19)17(8-12(13,14)15)6-9(18)16(4)5/h6-8H2,1-5H3. The monoisotopic (exact) mass is 314 g/mol. The Hall–Kier alpha value is -0.920. The van der Waals surface area contributed by atoms with E-state index in [0.717, 1.165) is 4.90 Å².